The molecule has 1 aliphatic rings. The molecule has 8 heteroatoms. The van der Waals surface area contributed by atoms with Crippen LogP contribution in [0.15, 0.2) is 12.2 Å². The molecule has 1 aliphatic carbocycles. The van der Waals surface area contributed by atoms with Crippen molar-refractivity contribution in [3.8, 4) is 0 Å². The summed E-state index contributed by atoms with van der Waals surface area (Å²) < 4.78 is 11.0. The fraction of sp³-hybridized carbons (Fsp3) is 0.818. The predicted octanol–water partition coefficient (Wildman–Crippen LogP) is 7.43. The van der Waals surface area contributed by atoms with Crippen molar-refractivity contribution in [2.24, 2.45) is 5.92 Å². The maximum absolute atomic E-state index is 12.5. The van der Waals surface area contributed by atoms with E-state index in [1.54, 1.807) is 13.8 Å². The van der Waals surface area contributed by atoms with E-state index in [0.29, 0.717) is 25.7 Å². The number of hydrogen-bond acceptors (Lipinski definition) is 6. The Balaban J connectivity index is 2.28. The molecule has 236 valence electrons. The van der Waals surface area contributed by atoms with Gasteiger partial charge in [-0.15, -0.1) is 0 Å². The smallest absolute Gasteiger partial charge is 0.326 e. The Labute approximate surface area is 248 Å². The molecule has 2 N–H and O–H groups in total. The quantitative estimate of drug-likeness (QED) is 0.0734. The standard InChI is InChI=1S/C33H57NO7/c1-4-7-8-9-10-11-12-13-14-15-16-17-18-19-20-21-30(35)34-27(33(38)39)24-26-22-23-28(40-31(36)5-2)29(25-26)41-32(37)6-3/h13-14,26-29H,4-12,15-25H2,1-3H3,(H,34,35)(H,38,39)/b14-13-/t26?,27-,28?,29?/m0/s1. The molecular formula is C33H57NO7. The van der Waals surface area contributed by atoms with Crippen LogP contribution in [-0.2, 0) is 28.7 Å². The first kappa shape index (κ1) is 36.6. The number of aliphatic carboxylic acids is 1. The molecule has 1 fully saturated rings. The SMILES string of the molecule is CCCCCCCC/C=C\CCCCCCCC(=O)N[C@@H](CC1CCC(OC(=O)CC)C(OC(=O)CC)C1)C(=O)O. The van der Waals surface area contributed by atoms with Crippen LogP contribution in [0.3, 0.4) is 0 Å². The molecule has 41 heavy (non-hydrogen) atoms. The van der Waals surface area contributed by atoms with Gasteiger partial charge in [0.1, 0.15) is 18.2 Å². The first-order chi connectivity index (χ1) is 19.8. The van der Waals surface area contributed by atoms with Crippen molar-refractivity contribution in [3.63, 3.8) is 0 Å². The second-order valence-corrected chi connectivity index (χ2v) is 11.5. The molecule has 0 aromatic rings. The molecular weight excluding hydrogens is 522 g/mol. The lowest BCUT2D eigenvalue weighted by molar-refractivity contribution is -0.173. The van der Waals surface area contributed by atoms with Gasteiger partial charge in [0, 0.05) is 19.3 Å². The van der Waals surface area contributed by atoms with Crippen molar-refractivity contribution >= 4 is 23.8 Å². The minimum absolute atomic E-state index is 0.0671. The number of rotatable bonds is 23. The average Bonchev–Trinajstić information content (AvgIpc) is 2.95. The molecule has 0 aliphatic heterocycles. The fourth-order valence-corrected chi connectivity index (χ4v) is 5.34. The highest BCUT2D eigenvalue weighted by atomic mass is 16.6. The Morgan fingerprint density at radius 3 is 1.85 bits per heavy atom. The van der Waals surface area contributed by atoms with Gasteiger partial charge in [0.25, 0.3) is 0 Å². The van der Waals surface area contributed by atoms with Crippen molar-refractivity contribution in [3.05, 3.63) is 12.2 Å². The first-order valence-electron chi connectivity index (χ1n) is 16.4. The summed E-state index contributed by atoms with van der Waals surface area (Å²) in [6.07, 6.45) is 21.4. The maximum atomic E-state index is 12.5. The van der Waals surface area contributed by atoms with Crippen molar-refractivity contribution in [1.29, 1.82) is 0 Å². The number of carboxylic acids is 1. The van der Waals surface area contributed by atoms with E-state index in [1.807, 2.05) is 0 Å². The number of hydrogen-bond donors (Lipinski definition) is 2. The van der Waals surface area contributed by atoms with Crippen LogP contribution in [0.2, 0.25) is 0 Å². The molecule has 0 saturated heterocycles. The Morgan fingerprint density at radius 1 is 0.756 bits per heavy atom. The third kappa shape index (κ3) is 17.9. The normalized spacial score (nSPS) is 19.5. The van der Waals surface area contributed by atoms with Crippen LogP contribution in [0.1, 0.15) is 149 Å². The molecule has 0 radical (unpaired) electrons. The number of carbonyl (C=O) groups is 4. The van der Waals surface area contributed by atoms with Gasteiger partial charge in [-0.05, 0) is 63.7 Å². The van der Waals surface area contributed by atoms with E-state index in [1.165, 1.54) is 44.9 Å². The van der Waals surface area contributed by atoms with Crippen LogP contribution < -0.4 is 5.32 Å². The molecule has 0 bridgehead atoms. The predicted molar refractivity (Wildman–Crippen MR) is 161 cm³/mol. The van der Waals surface area contributed by atoms with Gasteiger partial charge in [-0.3, -0.25) is 14.4 Å². The van der Waals surface area contributed by atoms with E-state index in [4.69, 9.17) is 9.47 Å². The highest BCUT2D eigenvalue weighted by Gasteiger charge is 2.37. The molecule has 8 nitrogen and oxygen atoms in total. The molecule has 1 rings (SSSR count). The van der Waals surface area contributed by atoms with Crippen LogP contribution in [0.5, 0.6) is 0 Å². The molecule has 3 unspecified atom stereocenters. The van der Waals surface area contributed by atoms with E-state index in [2.05, 4.69) is 24.4 Å². The monoisotopic (exact) mass is 579 g/mol. The van der Waals surface area contributed by atoms with E-state index >= 15 is 0 Å². The summed E-state index contributed by atoms with van der Waals surface area (Å²) in [6.45, 7) is 5.65. The lowest BCUT2D eigenvalue weighted by Crippen LogP contribution is -2.45. The molecule has 0 spiro atoms. The zero-order chi connectivity index (χ0) is 30.3. The zero-order valence-corrected chi connectivity index (χ0v) is 26.0. The van der Waals surface area contributed by atoms with Gasteiger partial charge in [-0.25, -0.2) is 4.79 Å². The Bertz CT molecular complexity index is 782. The number of carbonyl (C=O) groups excluding carboxylic acids is 3. The van der Waals surface area contributed by atoms with Crippen LogP contribution in [0.4, 0.5) is 0 Å². The number of amides is 1. The average molecular weight is 580 g/mol. The van der Waals surface area contributed by atoms with E-state index in [-0.39, 0.29) is 43.0 Å². The molecule has 4 atom stereocenters. The summed E-state index contributed by atoms with van der Waals surface area (Å²) in [5.41, 5.74) is 0. The van der Waals surface area contributed by atoms with Crippen molar-refractivity contribution in [1.82, 2.24) is 5.32 Å². The summed E-state index contributed by atoms with van der Waals surface area (Å²) >= 11 is 0. The summed E-state index contributed by atoms with van der Waals surface area (Å²) in [6, 6.07) is -0.993. The molecule has 1 saturated carbocycles. The van der Waals surface area contributed by atoms with Crippen molar-refractivity contribution in [2.75, 3.05) is 0 Å². The van der Waals surface area contributed by atoms with Crippen molar-refractivity contribution < 1.29 is 33.8 Å². The van der Waals surface area contributed by atoms with Crippen LogP contribution in [0, 0.1) is 5.92 Å². The number of nitrogens with one attached hydrogen (secondary N) is 1. The number of unbranched alkanes of at least 4 members (excludes halogenated alkanes) is 11. The van der Waals surface area contributed by atoms with Gasteiger partial charge in [0.15, 0.2) is 0 Å². The summed E-state index contributed by atoms with van der Waals surface area (Å²) in [4.78, 5) is 48.1. The second-order valence-electron chi connectivity index (χ2n) is 11.5. The van der Waals surface area contributed by atoms with Crippen LogP contribution >= 0.6 is 0 Å². The highest BCUT2D eigenvalue weighted by molar-refractivity contribution is 5.83. The zero-order valence-electron chi connectivity index (χ0n) is 26.0. The maximum Gasteiger partial charge on any atom is 0.326 e. The lowest BCUT2D eigenvalue weighted by atomic mass is 9.81. The van der Waals surface area contributed by atoms with Gasteiger partial charge in [-0.1, -0.05) is 84.3 Å². The molecule has 0 aromatic carbocycles. The number of ether oxygens (including phenoxy) is 2. The number of esters is 2. The van der Waals surface area contributed by atoms with Gasteiger partial charge in [0.05, 0.1) is 0 Å². The Morgan fingerprint density at radius 2 is 1.29 bits per heavy atom. The molecule has 0 heterocycles. The van der Waals surface area contributed by atoms with E-state index < -0.39 is 24.2 Å². The largest absolute Gasteiger partial charge is 0.480 e. The van der Waals surface area contributed by atoms with E-state index in [9.17, 15) is 24.3 Å². The highest BCUT2D eigenvalue weighted by Crippen LogP contribution is 2.32. The minimum atomic E-state index is -1.07. The van der Waals surface area contributed by atoms with Gasteiger partial charge in [0.2, 0.25) is 5.91 Å². The van der Waals surface area contributed by atoms with Crippen LogP contribution in [0.25, 0.3) is 0 Å². The number of allylic oxidation sites excluding steroid dienone is 2. The Kier molecular flexibility index (Phi) is 20.7. The fourth-order valence-electron chi connectivity index (χ4n) is 5.34. The van der Waals surface area contributed by atoms with Crippen molar-refractivity contribution in [2.45, 2.75) is 167 Å². The molecule has 0 aromatic heterocycles. The topological polar surface area (TPSA) is 119 Å². The minimum Gasteiger partial charge on any atom is -0.480 e. The third-order valence-electron chi connectivity index (χ3n) is 7.85. The third-order valence-corrected chi connectivity index (χ3v) is 7.85. The second kappa shape index (κ2) is 23.2. The number of carboxylic acid groups (broad SMARTS) is 1. The van der Waals surface area contributed by atoms with Gasteiger partial charge >= 0.3 is 17.9 Å². The Hall–Kier alpha value is -2.38. The summed E-state index contributed by atoms with van der Waals surface area (Å²) in [5.74, 6) is -2.10. The van der Waals surface area contributed by atoms with E-state index in [0.717, 1.165) is 38.5 Å². The van der Waals surface area contributed by atoms with Gasteiger partial charge < -0.3 is 19.9 Å². The molecule has 1 amide bonds. The summed E-state index contributed by atoms with van der Waals surface area (Å²) in [5, 5.41) is 12.4. The van der Waals surface area contributed by atoms with Gasteiger partial charge in [-0.2, -0.15) is 0 Å². The lowest BCUT2D eigenvalue weighted by Gasteiger charge is -2.36. The van der Waals surface area contributed by atoms with Crippen LogP contribution in [-0.4, -0.2) is 47.2 Å². The first-order valence-corrected chi connectivity index (χ1v) is 16.4. The summed E-state index contributed by atoms with van der Waals surface area (Å²) in [7, 11) is 0.